The number of nitrogens with two attached hydrogens (primary N) is 1. The predicted molar refractivity (Wildman–Crippen MR) is 84.7 cm³/mol. The average Bonchev–Trinajstić information content (AvgIpc) is 2.50. The summed E-state index contributed by atoms with van der Waals surface area (Å²) in [5.74, 6) is -0.516. The molecule has 0 saturated heterocycles. The van der Waals surface area contributed by atoms with Gasteiger partial charge in [0.05, 0.1) is 5.69 Å². The van der Waals surface area contributed by atoms with Crippen LogP contribution in [0.25, 0.3) is 0 Å². The van der Waals surface area contributed by atoms with Gasteiger partial charge in [-0.05, 0) is 30.2 Å². The lowest BCUT2D eigenvalue weighted by molar-refractivity contribution is -0.274. The summed E-state index contributed by atoms with van der Waals surface area (Å²) in [5, 5.41) is 5.14. The zero-order valence-corrected chi connectivity index (χ0v) is 12.6. The highest BCUT2D eigenvalue weighted by Gasteiger charge is 2.31. The Morgan fingerprint density at radius 2 is 1.83 bits per heavy atom. The quantitative estimate of drug-likeness (QED) is 0.730. The Hall–Kier alpha value is -2.90. The van der Waals surface area contributed by atoms with Gasteiger partial charge in [-0.25, -0.2) is 4.79 Å². The zero-order chi connectivity index (χ0) is 17.6. The van der Waals surface area contributed by atoms with Crippen LogP contribution in [0.2, 0.25) is 0 Å². The van der Waals surface area contributed by atoms with Gasteiger partial charge in [0.2, 0.25) is 0 Å². The van der Waals surface area contributed by atoms with Gasteiger partial charge in [-0.2, -0.15) is 0 Å². The Morgan fingerprint density at radius 3 is 2.46 bits per heavy atom. The fraction of sp³-hybridized carbons (Fsp3) is 0.188. The number of ether oxygens (including phenoxy) is 1. The molecule has 0 unspecified atom stereocenters. The SMILES string of the molecule is Nc1cc(NC(=O)NCCc2ccccc2)ccc1OC(F)(F)F. The van der Waals surface area contributed by atoms with E-state index in [9.17, 15) is 18.0 Å². The van der Waals surface area contributed by atoms with Crippen molar-refractivity contribution in [1.29, 1.82) is 0 Å². The van der Waals surface area contributed by atoms with Crippen LogP contribution in [0, 0.1) is 0 Å². The number of carbonyl (C=O) groups is 1. The fourth-order valence-corrected chi connectivity index (χ4v) is 1.98. The number of carbonyl (C=O) groups excluding carboxylic acids is 1. The van der Waals surface area contributed by atoms with Crippen LogP contribution in [0.4, 0.5) is 29.3 Å². The van der Waals surface area contributed by atoms with Crippen molar-refractivity contribution >= 4 is 17.4 Å². The third-order valence-electron chi connectivity index (χ3n) is 3.04. The third-order valence-corrected chi connectivity index (χ3v) is 3.04. The van der Waals surface area contributed by atoms with Crippen LogP contribution in [-0.2, 0) is 6.42 Å². The van der Waals surface area contributed by atoms with Gasteiger partial charge >= 0.3 is 12.4 Å². The molecule has 0 radical (unpaired) electrons. The molecule has 0 aliphatic carbocycles. The number of halogens is 3. The lowest BCUT2D eigenvalue weighted by atomic mass is 10.1. The van der Waals surface area contributed by atoms with Crippen LogP contribution in [0.1, 0.15) is 5.56 Å². The maximum absolute atomic E-state index is 12.2. The first-order chi connectivity index (χ1) is 11.3. The van der Waals surface area contributed by atoms with Gasteiger partial charge in [0.25, 0.3) is 0 Å². The van der Waals surface area contributed by atoms with Gasteiger partial charge in [-0.3, -0.25) is 0 Å². The van der Waals surface area contributed by atoms with E-state index in [2.05, 4.69) is 15.4 Å². The maximum atomic E-state index is 12.2. The molecule has 4 N–H and O–H groups in total. The van der Waals surface area contributed by atoms with E-state index in [0.29, 0.717) is 13.0 Å². The summed E-state index contributed by atoms with van der Waals surface area (Å²) in [6.07, 6.45) is -4.16. The van der Waals surface area contributed by atoms with E-state index in [1.165, 1.54) is 12.1 Å². The molecule has 0 aliphatic heterocycles. The molecule has 0 bridgehead atoms. The fourth-order valence-electron chi connectivity index (χ4n) is 1.98. The number of amides is 2. The second-order valence-electron chi connectivity index (χ2n) is 4.92. The molecule has 0 heterocycles. The van der Waals surface area contributed by atoms with Crippen LogP contribution < -0.4 is 21.1 Å². The van der Waals surface area contributed by atoms with Crippen molar-refractivity contribution in [2.75, 3.05) is 17.6 Å². The lowest BCUT2D eigenvalue weighted by Crippen LogP contribution is -2.30. The highest BCUT2D eigenvalue weighted by molar-refractivity contribution is 5.90. The van der Waals surface area contributed by atoms with Gasteiger partial charge < -0.3 is 21.1 Å². The molecule has 2 aromatic carbocycles. The summed E-state index contributed by atoms with van der Waals surface area (Å²) in [5.41, 5.74) is 6.60. The van der Waals surface area contributed by atoms with Gasteiger partial charge in [0.15, 0.2) is 5.75 Å². The van der Waals surface area contributed by atoms with Crippen molar-refractivity contribution in [3.05, 3.63) is 54.1 Å². The molecule has 2 amide bonds. The van der Waals surface area contributed by atoms with Crippen molar-refractivity contribution in [2.45, 2.75) is 12.8 Å². The van der Waals surface area contributed by atoms with Crippen molar-refractivity contribution in [2.24, 2.45) is 0 Å². The summed E-state index contributed by atoms with van der Waals surface area (Å²) < 4.78 is 40.2. The zero-order valence-electron chi connectivity index (χ0n) is 12.6. The minimum Gasteiger partial charge on any atom is -0.404 e. The van der Waals surface area contributed by atoms with E-state index in [0.717, 1.165) is 11.6 Å². The van der Waals surface area contributed by atoms with Crippen molar-refractivity contribution < 1.29 is 22.7 Å². The molecule has 0 spiro atoms. The van der Waals surface area contributed by atoms with E-state index >= 15 is 0 Å². The number of hydrogen-bond donors (Lipinski definition) is 3. The van der Waals surface area contributed by atoms with E-state index in [1.54, 1.807) is 0 Å². The Bertz CT molecular complexity index is 691. The van der Waals surface area contributed by atoms with Crippen LogP contribution in [0.15, 0.2) is 48.5 Å². The van der Waals surface area contributed by atoms with E-state index < -0.39 is 18.1 Å². The summed E-state index contributed by atoms with van der Waals surface area (Å²) in [6, 6.07) is 12.6. The van der Waals surface area contributed by atoms with E-state index in [1.807, 2.05) is 30.3 Å². The van der Waals surface area contributed by atoms with Crippen LogP contribution in [0.5, 0.6) is 5.75 Å². The van der Waals surface area contributed by atoms with Crippen LogP contribution >= 0.6 is 0 Å². The monoisotopic (exact) mass is 339 g/mol. The molecule has 128 valence electrons. The molecule has 0 atom stereocenters. The number of urea groups is 1. The molecular formula is C16H16F3N3O2. The standard InChI is InChI=1S/C16H16F3N3O2/c17-16(18,19)24-14-7-6-12(10-13(14)20)22-15(23)21-9-8-11-4-2-1-3-5-11/h1-7,10H,8-9,20H2,(H2,21,22,23). The molecule has 8 heteroatoms. The van der Waals surface area contributed by atoms with E-state index in [4.69, 9.17) is 5.73 Å². The summed E-state index contributed by atoms with van der Waals surface area (Å²) in [7, 11) is 0. The number of rotatable bonds is 5. The van der Waals surface area contributed by atoms with Crippen LogP contribution in [0.3, 0.4) is 0 Å². The van der Waals surface area contributed by atoms with Gasteiger partial charge in [-0.1, -0.05) is 30.3 Å². The molecule has 5 nitrogen and oxygen atoms in total. The van der Waals surface area contributed by atoms with E-state index in [-0.39, 0.29) is 11.4 Å². The number of hydrogen-bond acceptors (Lipinski definition) is 3. The number of nitrogens with one attached hydrogen (secondary N) is 2. The first kappa shape index (κ1) is 17.5. The average molecular weight is 339 g/mol. The molecule has 0 aromatic heterocycles. The Labute approximate surface area is 136 Å². The number of alkyl halides is 3. The first-order valence-electron chi connectivity index (χ1n) is 7.07. The topological polar surface area (TPSA) is 76.4 Å². The molecule has 0 fully saturated rings. The minimum absolute atomic E-state index is 0.227. The number of benzene rings is 2. The van der Waals surface area contributed by atoms with Crippen molar-refractivity contribution in [3.8, 4) is 5.75 Å². The second kappa shape index (κ2) is 7.58. The van der Waals surface area contributed by atoms with Crippen molar-refractivity contribution in [1.82, 2.24) is 5.32 Å². The Morgan fingerprint density at radius 1 is 1.12 bits per heavy atom. The summed E-state index contributed by atoms with van der Waals surface area (Å²) >= 11 is 0. The smallest absolute Gasteiger partial charge is 0.404 e. The Balaban J connectivity index is 1.84. The second-order valence-corrected chi connectivity index (χ2v) is 4.92. The maximum Gasteiger partial charge on any atom is 0.573 e. The molecule has 2 rings (SSSR count). The van der Waals surface area contributed by atoms with Gasteiger partial charge in [0.1, 0.15) is 0 Å². The van der Waals surface area contributed by atoms with Gasteiger partial charge in [0, 0.05) is 12.2 Å². The number of nitrogen functional groups attached to an aromatic ring is 1. The lowest BCUT2D eigenvalue weighted by Gasteiger charge is -2.13. The normalized spacial score (nSPS) is 11.0. The molecule has 24 heavy (non-hydrogen) atoms. The largest absolute Gasteiger partial charge is 0.573 e. The summed E-state index contributed by atoms with van der Waals surface area (Å²) in [4.78, 5) is 11.8. The van der Waals surface area contributed by atoms with Crippen molar-refractivity contribution in [3.63, 3.8) is 0 Å². The molecule has 2 aromatic rings. The third kappa shape index (κ3) is 5.71. The summed E-state index contributed by atoms with van der Waals surface area (Å²) in [6.45, 7) is 0.417. The highest BCUT2D eigenvalue weighted by Crippen LogP contribution is 2.30. The van der Waals surface area contributed by atoms with Gasteiger partial charge in [-0.15, -0.1) is 13.2 Å². The molecular weight excluding hydrogens is 323 g/mol. The highest BCUT2D eigenvalue weighted by atomic mass is 19.4. The predicted octanol–water partition coefficient (Wildman–Crippen LogP) is 3.53. The molecule has 0 saturated carbocycles. The molecule has 0 aliphatic rings. The Kier molecular flexibility index (Phi) is 5.51. The first-order valence-corrected chi connectivity index (χ1v) is 7.07. The minimum atomic E-state index is -4.82. The number of anilines is 2. The van der Waals surface area contributed by atoms with Crippen LogP contribution in [-0.4, -0.2) is 18.9 Å².